The van der Waals surface area contributed by atoms with E-state index in [4.69, 9.17) is 9.47 Å². The first-order valence-corrected chi connectivity index (χ1v) is 5.84. The van der Waals surface area contributed by atoms with Crippen molar-refractivity contribution in [2.24, 2.45) is 0 Å². The van der Waals surface area contributed by atoms with Crippen molar-refractivity contribution in [2.75, 3.05) is 38.7 Å². The van der Waals surface area contributed by atoms with Crippen molar-refractivity contribution >= 4 is 11.6 Å². The summed E-state index contributed by atoms with van der Waals surface area (Å²) in [4.78, 5) is 15.6. The highest BCUT2D eigenvalue weighted by atomic mass is 16.5. The van der Waals surface area contributed by atoms with Gasteiger partial charge in [-0.05, 0) is 13.0 Å². The second-order valence-electron chi connectivity index (χ2n) is 3.54. The molecule has 1 aromatic rings. The van der Waals surface area contributed by atoms with Crippen LogP contribution in [0.2, 0.25) is 0 Å². The number of carbonyl (C=O) groups is 1. The van der Waals surface area contributed by atoms with E-state index in [1.54, 1.807) is 25.4 Å². The van der Waals surface area contributed by atoms with Gasteiger partial charge in [0.1, 0.15) is 0 Å². The lowest BCUT2D eigenvalue weighted by Gasteiger charge is -2.07. The number of ether oxygens (including phenoxy) is 2. The van der Waals surface area contributed by atoms with Crippen molar-refractivity contribution in [3.05, 3.63) is 18.3 Å². The summed E-state index contributed by atoms with van der Waals surface area (Å²) in [6, 6.07) is 3.47. The standard InChI is InChI=1S/C12H19N3O3/c1-3-18-12-5-4-10(8-14-12)15-11(16)9-13-6-7-17-2/h4-5,8,13H,3,6-7,9H2,1-2H3,(H,15,16). The quantitative estimate of drug-likeness (QED) is 0.666. The van der Waals surface area contributed by atoms with Crippen LogP contribution in [0.5, 0.6) is 5.88 Å². The van der Waals surface area contributed by atoms with E-state index in [0.29, 0.717) is 31.3 Å². The Hall–Kier alpha value is -1.66. The van der Waals surface area contributed by atoms with Crippen LogP contribution in [0.3, 0.4) is 0 Å². The minimum absolute atomic E-state index is 0.114. The van der Waals surface area contributed by atoms with Gasteiger partial charge in [0.15, 0.2) is 0 Å². The molecule has 1 aromatic heterocycles. The number of methoxy groups -OCH3 is 1. The van der Waals surface area contributed by atoms with E-state index >= 15 is 0 Å². The highest BCUT2D eigenvalue weighted by Gasteiger charge is 2.02. The summed E-state index contributed by atoms with van der Waals surface area (Å²) in [5.41, 5.74) is 0.650. The van der Waals surface area contributed by atoms with Crippen molar-refractivity contribution in [3.8, 4) is 5.88 Å². The van der Waals surface area contributed by atoms with Crippen molar-refractivity contribution in [3.63, 3.8) is 0 Å². The van der Waals surface area contributed by atoms with Crippen LogP contribution in [0, 0.1) is 0 Å². The average Bonchev–Trinajstić information content (AvgIpc) is 2.37. The van der Waals surface area contributed by atoms with Gasteiger partial charge in [-0.1, -0.05) is 0 Å². The van der Waals surface area contributed by atoms with Crippen molar-refractivity contribution in [2.45, 2.75) is 6.92 Å². The smallest absolute Gasteiger partial charge is 0.238 e. The SMILES string of the molecule is CCOc1ccc(NC(=O)CNCCOC)cn1. The molecule has 6 nitrogen and oxygen atoms in total. The normalized spacial score (nSPS) is 10.1. The molecule has 1 rings (SSSR count). The number of pyridine rings is 1. The Morgan fingerprint density at radius 3 is 2.89 bits per heavy atom. The number of anilines is 1. The lowest BCUT2D eigenvalue weighted by atomic mass is 10.4. The van der Waals surface area contributed by atoms with E-state index in [-0.39, 0.29) is 12.5 Å². The minimum Gasteiger partial charge on any atom is -0.478 e. The predicted octanol–water partition coefficient (Wildman–Crippen LogP) is 0.655. The summed E-state index contributed by atoms with van der Waals surface area (Å²) < 4.78 is 10.1. The van der Waals surface area contributed by atoms with Crippen LogP contribution in [0.4, 0.5) is 5.69 Å². The Balaban J connectivity index is 2.30. The van der Waals surface area contributed by atoms with Crippen LogP contribution in [0.15, 0.2) is 18.3 Å². The Morgan fingerprint density at radius 2 is 2.28 bits per heavy atom. The van der Waals surface area contributed by atoms with Crippen LogP contribution < -0.4 is 15.4 Å². The Kier molecular flexibility index (Phi) is 6.75. The summed E-state index contributed by atoms with van der Waals surface area (Å²) in [6.07, 6.45) is 1.57. The molecular formula is C12H19N3O3. The van der Waals surface area contributed by atoms with Gasteiger partial charge in [0, 0.05) is 19.7 Å². The third kappa shape index (κ3) is 5.60. The fourth-order valence-electron chi connectivity index (χ4n) is 1.27. The molecule has 0 atom stereocenters. The molecule has 0 aliphatic carbocycles. The summed E-state index contributed by atoms with van der Waals surface area (Å²) >= 11 is 0. The molecule has 18 heavy (non-hydrogen) atoms. The lowest BCUT2D eigenvalue weighted by Crippen LogP contribution is -2.30. The van der Waals surface area contributed by atoms with Gasteiger partial charge < -0.3 is 20.1 Å². The van der Waals surface area contributed by atoms with Gasteiger partial charge in [-0.15, -0.1) is 0 Å². The minimum atomic E-state index is -0.114. The van der Waals surface area contributed by atoms with E-state index in [9.17, 15) is 4.79 Å². The highest BCUT2D eigenvalue weighted by molar-refractivity contribution is 5.92. The molecule has 6 heteroatoms. The number of hydrogen-bond acceptors (Lipinski definition) is 5. The first kappa shape index (κ1) is 14.4. The second-order valence-corrected chi connectivity index (χ2v) is 3.54. The molecular weight excluding hydrogens is 234 g/mol. The first-order valence-electron chi connectivity index (χ1n) is 5.84. The monoisotopic (exact) mass is 253 g/mol. The van der Waals surface area contributed by atoms with Gasteiger partial charge in [-0.2, -0.15) is 0 Å². The molecule has 0 aliphatic heterocycles. The number of amides is 1. The number of nitrogens with zero attached hydrogens (tertiary/aromatic N) is 1. The fourth-order valence-corrected chi connectivity index (χ4v) is 1.27. The topological polar surface area (TPSA) is 72.5 Å². The van der Waals surface area contributed by atoms with Crippen LogP contribution in [-0.2, 0) is 9.53 Å². The van der Waals surface area contributed by atoms with Gasteiger partial charge in [0.2, 0.25) is 11.8 Å². The third-order valence-electron chi connectivity index (χ3n) is 2.08. The van der Waals surface area contributed by atoms with Gasteiger partial charge >= 0.3 is 0 Å². The predicted molar refractivity (Wildman–Crippen MR) is 68.8 cm³/mol. The van der Waals surface area contributed by atoms with E-state index in [1.807, 2.05) is 6.92 Å². The van der Waals surface area contributed by atoms with Crippen molar-refractivity contribution in [1.29, 1.82) is 0 Å². The Morgan fingerprint density at radius 1 is 1.44 bits per heavy atom. The number of hydrogen-bond donors (Lipinski definition) is 2. The van der Waals surface area contributed by atoms with Crippen LogP contribution in [0.25, 0.3) is 0 Å². The lowest BCUT2D eigenvalue weighted by molar-refractivity contribution is -0.115. The van der Waals surface area contributed by atoms with Gasteiger partial charge in [-0.3, -0.25) is 4.79 Å². The maximum atomic E-state index is 11.5. The zero-order chi connectivity index (χ0) is 13.2. The molecule has 0 saturated carbocycles. The van der Waals surface area contributed by atoms with Crippen molar-refractivity contribution in [1.82, 2.24) is 10.3 Å². The van der Waals surface area contributed by atoms with Crippen LogP contribution in [0.1, 0.15) is 6.92 Å². The van der Waals surface area contributed by atoms with Crippen molar-refractivity contribution < 1.29 is 14.3 Å². The molecule has 100 valence electrons. The largest absolute Gasteiger partial charge is 0.478 e. The molecule has 0 radical (unpaired) electrons. The summed E-state index contributed by atoms with van der Waals surface area (Å²) in [7, 11) is 1.62. The number of aromatic nitrogens is 1. The molecule has 1 amide bonds. The number of nitrogens with one attached hydrogen (secondary N) is 2. The van der Waals surface area contributed by atoms with Crippen LogP contribution in [-0.4, -0.2) is 44.3 Å². The summed E-state index contributed by atoms with van der Waals surface area (Å²) in [5, 5.41) is 5.68. The summed E-state index contributed by atoms with van der Waals surface area (Å²) in [6.45, 7) is 3.94. The maximum absolute atomic E-state index is 11.5. The molecule has 1 heterocycles. The molecule has 0 aromatic carbocycles. The molecule has 0 spiro atoms. The molecule has 0 fully saturated rings. The maximum Gasteiger partial charge on any atom is 0.238 e. The zero-order valence-corrected chi connectivity index (χ0v) is 10.7. The highest BCUT2D eigenvalue weighted by Crippen LogP contribution is 2.11. The third-order valence-corrected chi connectivity index (χ3v) is 2.08. The Labute approximate surface area is 107 Å². The molecule has 0 unspecified atom stereocenters. The zero-order valence-electron chi connectivity index (χ0n) is 10.7. The van der Waals surface area contributed by atoms with E-state index in [1.165, 1.54) is 0 Å². The van der Waals surface area contributed by atoms with Gasteiger partial charge in [0.05, 0.1) is 31.6 Å². The van der Waals surface area contributed by atoms with E-state index in [0.717, 1.165) is 0 Å². The molecule has 0 saturated heterocycles. The second kappa shape index (κ2) is 8.43. The van der Waals surface area contributed by atoms with Gasteiger partial charge in [-0.25, -0.2) is 4.98 Å². The van der Waals surface area contributed by atoms with E-state index in [2.05, 4.69) is 15.6 Å². The fraction of sp³-hybridized carbons (Fsp3) is 0.500. The molecule has 0 aliphatic rings. The van der Waals surface area contributed by atoms with Gasteiger partial charge in [0.25, 0.3) is 0 Å². The molecule has 0 bridgehead atoms. The van der Waals surface area contributed by atoms with E-state index < -0.39 is 0 Å². The number of carbonyl (C=O) groups excluding carboxylic acids is 1. The summed E-state index contributed by atoms with van der Waals surface area (Å²) in [5.74, 6) is 0.436. The molecule has 2 N–H and O–H groups in total. The average molecular weight is 253 g/mol. The first-order chi connectivity index (χ1) is 8.76. The Bertz CT molecular complexity index is 354. The number of rotatable bonds is 8. The van der Waals surface area contributed by atoms with Crippen LogP contribution >= 0.6 is 0 Å².